The molecule has 2 N–H and O–H groups in total. The van der Waals surface area contributed by atoms with Crippen molar-refractivity contribution in [2.24, 2.45) is 0 Å². The van der Waals surface area contributed by atoms with Crippen LogP contribution >= 0.6 is 0 Å². The van der Waals surface area contributed by atoms with Crippen molar-refractivity contribution in [1.82, 2.24) is 9.55 Å². The van der Waals surface area contributed by atoms with Crippen LogP contribution < -0.4 is 0 Å². The molecule has 0 saturated carbocycles. The lowest BCUT2D eigenvalue weighted by Crippen LogP contribution is -2.26. The molecule has 6 heteroatoms. The number of hydrogen-bond acceptors (Lipinski definition) is 4. The normalized spacial score (nSPS) is 18.3. The van der Waals surface area contributed by atoms with E-state index in [9.17, 15) is 15.0 Å². The van der Waals surface area contributed by atoms with E-state index in [0.29, 0.717) is 37.3 Å². The van der Waals surface area contributed by atoms with Gasteiger partial charge in [-0.2, -0.15) is 0 Å². The van der Waals surface area contributed by atoms with Crippen LogP contribution in [0, 0.1) is 0 Å². The Bertz CT molecular complexity index is 600. The number of hydrogen-bond donors (Lipinski definition) is 2. The Labute approximate surface area is 109 Å². The van der Waals surface area contributed by atoms with E-state index in [1.54, 1.807) is 16.9 Å². The van der Waals surface area contributed by atoms with Gasteiger partial charge in [-0.05, 0) is 25.0 Å². The van der Waals surface area contributed by atoms with Gasteiger partial charge < -0.3 is 19.2 Å². The molecule has 0 radical (unpaired) electrons. The van der Waals surface area contributed by atoms with E-state index >= 15 is 0 Å². The summed E-state index contributed by atoms with van der Waals surface area (Å²) in [4.78, 5) is 15.4. The summed E-state index contributed by atoms with van der Waals surface area (Å²) in [7, 11) is 0. The van der Waals surface area contributed by atoms with Crippen LogP contribution in [0.25, 0.3) is 0 Å². The number of imidazole rings is 1. The number of furan rings is 1. The zero-order chi connectivity index (χ0) is 13.4. The van der Waals surface area contributed by atoms with E-state index in [1.165, 1.54) is 0 Å². The number of nitrogens with zero attached hydrogens (tertiary/aromatic N) is 2. The second-order valence-electron chi connectivity index (χ2n) is 4.69. The summed E-state index contributed by atoms with van der Waals surface area (Å²) >= 11 is 0. The molecule has 0 aliphatic carbocycles. The molecule has 6 nitrogen and oxygen atoms in total. The molecule has 1 aliphatic rings. The Morgan fingerprint density at radius 2 is 2.42 bits per heavy atom. The number of carboxylic acid groups (broad SMARTS) is 1. The van der Waals surface area contributed by atoms with E-state index in [1.807, 2.05) is 6.07 Å². The Morgan fingerprint density at radius 3 is 3.11 bits per heavy atom. The number of aromatic carboxylic acids is 1. The van der Waals surface area contributed by atoms with Gasteiger partial charge in [0.1, 0.15) is 11.6 Å². The Hall–Kier alpha value is -2.08. The number of carboxylic acids is 1. The smallest absolute Gasteiger partial charge is 0.356 e. The largest absolute Gasteiger partial charge is 0.476 e. The van der Waals surface area contributed by atoms with Crippen LogP contribution in [0.5, 0.6) is 0 Å². The highest BCUT2D eigenvalue weighted by atomic mass is 16.4. The van der Waals surface area contributed by atoms with Crippen molar-refractivity contribution < 1.29 is 19.4 Å². The maximum Gasteiger partial charge on any atom is 0.356 e. The zero-order valence-electron chi connectivity index (χ0n) is 10.2. The first-order chi connectivity index (χ1) is 9.15. The van der Waals surface area contributed by atoms with Gasteiger partial charge in [-0.15, -0.1) is 0 Å². The van der Waals surface area contributed by atoms with Gasteiger partial charge in [-0.3, -0.25) is 0 Å². The lowest BCUT2D eigenvalue weighted by molar-refractivity contribution is 0.0686. The third kappa shape index (κ3) is 2.15. The molecule has 0 amide bonds. The Morgan fingerprint density at radius 1 is 1.58 bits per heavy atom. The molecular formula is C13H14N2O4. The van der Waals surface area contributed by atoms with Crippen LogP contribution in [0.4, 0.5) is 0 Å². The summed E-state index contributed by atoms with van der Waals surface area (Å²) in [5, 5.41) is 18.9. The SMILES string of the molecule is O=C(O)c1nc(Cc2ccco2)n2c1CCC(O)C2. The van der Waals surface area contributed by atoms with Crippen LogP contribution in [0.15, 0.2) is 22.8 Å². The van der Waals surface area contributed by atoms with Crippen molar-refractivity contribution in [1.29, 1.82) is 0 Å². The zero-order valence-corrected chi connectivity index (χ0v) is 10.2. The molecule has 2 aromatic rings. The molecule has 100 valence electrons. The lowest BCUT2D eigenvalue weighted by atomic mass is 10.1. The van der Waals surface area contributed by atoms with Crippen LogP contribution in [0.1, 0.15) is 34.2 Å². The molecule has 1 aliphatic heterocycles. The Balaban J connectivity index is 2.01. The minimum Gasteiger partial charge on any atom is -0.476 e. The van der Waals surface area contributed by atoms with Crippen LogP contribution in [-0.2, 0) is 19.4 Å². The average molecular weight is 262 g/mol. The van der Waals surface area contributed by atoms with Gasteiger partial charge in [0.25, 0.3) is 0 Å². The molecule has 1 atom stereocenters. The Kier molecular flexibility index (Phi) is 2.87. The van der Waals surface area contributed by atoms with Crippen molar-refractivity contribution in [3.8, 4) is 0 Å². The second kappa shape index (κ2) is 4.55. The molecule has 0 fully saturated rings. The van der Waals surface area contributed by atoms with Gasteiger partial charge >= 0.3 is 5.97 Å². The fourth-order valence-corrected chi connectivity index (χ4v) is 2.49. The van der Waals surface area contributed by atoms with Crippen LogP contribution in [0.2, 0.25) is 0 Å². The number of fused-ring (bicyclic) bond motifs is 1. The fourth-order valence-electron chi connectivity index (χ4n) is 2.49. The molecule has 0 bridgehead atoms. The predicted octanol–water partition coefficient (Wildman–Crippen LogP) is 1.07. The fraction of sp³-hybridized carbons (Fsp3) is 0.385. The monoisotopic (exact) mass is 262 g/mol. The maximum absolute atomic E-state index is 11.2. The standard InChI is InChI=1S/C13H14N2O4/c16-8-3-4-10-12(13(17)18)14-11(15(10)7-8)6-9-2-1-5-19-9/h1-2,5,8,16H,3-4,6-7H2,(H,17,18). The predicted molar refractivity (Wildman–Crippen MR) is 65.0 cm³/mol. The molecule has 3 heterocycles. The quantitative estimate of drug-likeness (QED) is 0.863. The summed E-state index contributed by atoms with van der Waals surface area (Å²) in [6.07, 6.45) is 2.67. The number of carbonyl (C=O) groups is 1. The number of aliphatic hydroxyl groups is 1. The van der Waals surface area contributed by atoms with Crippen molar-refractivity contribution in [3.63, 3.8) is 0 Å². The minimum atomic E-state index is -1.02. The molecule has 0 saturated heterocycles. The second-order valence-corrected chi connectivity index (χ2v) is 4.69. The first-order valence-corrected chi connectivity index (χ1v) is 6.17. The van der Waals surface area contributed by atoms with Crippen molar-refractivity contribution in [3.05, 3.63) is 41.4 Å². The van der Waals surface area contributed by atoms with Gasteiger partial charge in [-0.25, -0.2) is 9.78 Å². The van der Waals surface area contributed by atoms with Crippen LogP contribution in [0.3, 0.4) is 0 Å². The van der Waals surface area contributed by atoms with E-state index in [2.05, 4.69) is 4.98 Å². The average Bonchev–Trinajstić information content (AvgIpc) is 2.98. The number of rotatable bonds is 3. The molecule has 3 rings (SSSR count). The van der Waals surface area contributed by atoms with E-state index < -0.39 is 12.1 Å². The number of aliphatic hydroxyl groups excluding tert-OH is 1. The highest BCUT2D eigenvalue weighted by Gasteiger charge is 2.27. The number of aromatic nitrogens is 2. The molecule has 19 heavy (non-hydrogen) atoms. The molecule has 0 spiro atoms. The molecular weight excluding hydrogens is 248 g/mol. The minimum absolute atomic E-state index is 0.0912. The van der Waals surface area contributed by atoms with Crippen molar-refractivity contribution in [2.75, 3.05) is 0 Å². The lowest BCUT2D eigenvalue weighted by Gasteiger charge is -2.21. The third-order valence-corrected chi connectivity index (χ3v) is 3.37. The summed E-state index contributed by atoms with van der Waals surface area (Å²) < 4.78 is 7.07. The first kappa shape index (κ1) is 12.0. The van der Waals surface area contributed by atoms with Gasteiger partial charge in [0, 0.05) is 0 Å². The molecule has 2 aromatic heterocycles. The van der Waals surface area contributed by atoms with Gasteiger partial charge in [0.05, 0.1) is 31.0 Å². The maximum atomic E-state index is 11.2. The van der Waals surface area contributed by atoms with E-state index in [4.69, 9.17) is 4.42 Å². The third-order valence-electron chi connectivity index (χ3n) is 3.37. The van der Waals surface area contributed by atoms with Crippen LogP contribution in [-0.4, -0.2) is 31.8 Å². The first-order valence-electron chi connectivity index (χ1n) is 6.17. The van der Waals surface area contributed by atoms with Gasteiger partial charge in [-0.1, -0.05) is 0 Å². The van der Waals surface area contributed by atoms with Gasteiger partial charge in [0.15, 0.2) is 5.69 Å². The van der Waals surface area contributed by atoms with Crippen molar-refractivity contribution >= 4 is 5.97 Å². The highest BCUT2D eigenvalue weighted by molar-refractivity contribution is 5.87. The van der Waals surface area contributed by atoms with E-state index in [0.717, 1.165) is 5.76 Å². The molecule has 1 unspecified atom stereocenters. The summed E-state index contributed by atoms with van der Waals surface area (Å²) in [5.74, 6) is 0.330. The van der Waals surface area contributed by atoms with Crippen molar-refractivity contribution in [2.45, 2.75) is 31.9 Å². The topological polar surface area (TPSA) is 88.5 Å². The molecule has 0 aromatic carbocycles. The summed E-state index contributed by atoms with van der Waals surface area (Å²) in [5.41, 5.74) is 0.785. The summed E-state index contributed by atoms with van der Waals surface area (Å²) in [6, 6.07) is 3.60. The highest BCUT2D eigenvalue weighted by Crippen LogP contribution is 2.23. The summed E-state index contributed by atoms with van der Waals surface area (Å²) in [6.45, 7) is 0.394. The van der Waals surface area contributed by atoms with E-state index in [-0.39, 0.29) is 5.69 Å². The van der Waals surface area contributed by atoms with Gasteiger partial charge in [0.2, 0.25) is 0 Å².